The van der Waals surface area contributed by atoms with E-state index in [4.69, 9.17) is 14.2 Å². The number of hydrogen-bond donors (Lipinski definition) is 0. The number of rotatable bonds is 9. The van der Waals surface area contributed by atoms with Gasteiger partial charge in [0.2, 0.25) is 5.91 Å². The molecule has 3 fully saturated rings. The van der Waals surface area contributed by atoms with Gasteiger partial charge in [-0.15, -0.1) is 0 Å². The van der Waals surface area contributed by atoms with Crippen molar-refractivity contribution in [1.29, 1.82) is 0 Å². The molecule has 3 aromatic carbocycles. The Morgan fingerprint density at radius 2 is 1.14 bits per heavy atom. The molecule has 1 aliphatic carbocycles. The number of nitrogens with zero attached hydrogens (tertiary/aromatic N) is 2. The number of amides is 1. The van der Waals surface area contributed by atoms with Crippen LogP contribution in [0.5, 0.6) is 0 Å². The molecule has 3 aliphatic rings. The molecule has 0 unspecified atom stereocenters. The quantitative estimate of drug-likeness (QED) is 0.432. The van der Waals surface area contributed by atoms with Crippen molar-refractivity contribution in [2.75, 3.05) is 6.54 Å². The maximum atomic E-state index is 12.8. The first-order valence-corrected chi connectivity index (χ1v) is 13.2. The minimum absolute atomic E-state index is 0.0201. The van der Waals surface area contributed by atoms with Crippen LogP contribution >= 0.6 is 0 Å². The zero-order chi connectivity index (χ0) is 25.2. The van der Waals surface area contributed by atoms with Crippen molar-refractivity contribution in [3.63, 3.8) is 0 Å². The third kappa shape index (κ3) is 4.94. The van der Waals surface area contributed by atoms with Gasteiger partial charge in [-0.25, -0.2) is 5.01 Å². The van der Waals surface area contributed by atoms with Crippen LogP contribution in [-0.4, -0.2) is 52.9 Å². The molecule has 6 rings (SSSR count). The molecule has 0 bridgehead atoms. The molecular formula is C31H34N2O4. The summed E-state index contributed by atoms with van der Waals surface area (Å²) in [5.41, 5.74) is 3.36. The molecule has 192 valence electrons. The van der Waals surface area contributed by atoms with Crippen LogP contribution in [0.25, 0.3) is 0 Å². The summed E-state index contributed by atoms with van der Waals surface area (Å²) in [6, 6.07) is 30.9. The Kier molecular flexibility index (Phi) is 7.07. The molecule has 1 saturated carbocycles. The monoisotopic (exact) mass is 498 g/mol. The van der Waals surface area contributed by atoms with Crippen molar-refractivity contribution in [2.45, 2.75) is 63.6 Å². The summed E-state index contributed by atoms with van der Waals surface area (Å²) >= 11 is 0. The standard InChI is InChI=1S/C31H34N2O4/c1-22-17-27(34)32-18-26-28(33(22)32)30(36-20-24-13-7-3-8-14-24)31(37-21-25-15-9-4-10-16-25)29(26)35-19-23-11-5-2-6-12-23/h2-16,22,26,28-31H,17-21H2,1H3/t22-,26+,28-,29-,30+,31+/m1/s1. The van der Waals surface area contributed by atoms with Crippen molar-refractivity contribution >= 4 is 5.91 Å². The van der Waals surface area contributed by atoms with E-state index in [0.29, 0.717) is 32.8 Å². The minimum Gasteiger partial charge on any atom is -0.370 e. The molecule has 0 radical (unpaired) electrons. The maximum absolute atomic E-state index is 12.8. The van der Waals surface area contributed by atoms with E-state index >= 15 is 0 Å². The predicted octanol–water partition coefficient (Wildman–Crippen LogP) is 4.59. The van der Waals surface area contributed by atoms with Crippen molar-refractivity contribution < 1.29 is 19.0 Å². The van der Waals surface area contributed by atoms with Crippen molar-refractivity contribution in [2.24, 2.45) is 5.92 Å². The van der Waals surface area contributed by atoms with E-state index in [1.165, 1.54) is 0 Å². The Hall–Kier alpha value is -3.03. The van der Waals surface area contributed by atoms with Crippen LogP contribution in [-0.2, 0) is 38.8 Å². The lowest BCUT2D eigenvalue weighted by molar-refractivity contribution is -0.155. The van der Waals surface area contributed by atoms with Crippen LogP contribution in [0.4, 0.5) is 0 Å². The minimum atomic E-state index is -0.257. The number of carbonyl (C=O) groups is 1. The third-order valence-corrected chi connectivity index (χ3v) is 7.88. The summed E-state index contributed by atoms with van der Waals surface area (Å²) in [5, 5.41) is 4.19. The molecule has 6 nitrogen and oxygen atoms in total. The first-order valence-electron chi connectivity index (χ1n) is 13.2. The van der Waals surface area contributed by atoms with Crippen LogP contribution in [0.15, 0.2) is 91.0 Å². The lowest BCUT2D eigenvalue weighted by Crippen LogP contribution is -2.49. The van der Waals surface area contributed by atoms with Crippen LogP contribution in [0.1, 0.15) is 30.0 Å². The third-order valence-electron chi connectivity index (χ3n) is 7.88. The van der Waals surface area contributed by atoms with Crippen molar-refractivity contribution in [3.8, 4) is 0 Å². The van der Waals surface area contributed by atoms with Gasteiger partial charge in [0.25, 0.3) is 0 Å². The summed E-state index contributed by atoms with van der Waals surface area (Å²) in [6.45, 7) is 4.24. The fourth-order valence-corrected chi connectivity index (χ4v) is 6.19. The number of carbonyl (C=O) groups excluding carboxylic acids is 1. The Labute approximate surface area is 218 Å². The average molecular weight is 499 g/mol. The SMILES string of the molecule is C[C@@H]1CC(=O)N2C[C@@H]3[C@@H](OCc4ccccc4)[C@H](OCc4ccccc4)[C@@H](OCc4ccccc4)[C@@H]3N12. The van der Waals surface area contributed by atoms with Gasteiger partial charge in [0.1, 0.15) is 12.2 Å². The normalized spacial score (nSPS) is 29.0. The summed E-state index contributed by atoms with van der Waals surface area (Å²) in [4.78, 5) is 12.8. The fourth-order valence-electron chi connectivity index (χ4n) is 6.19. The van der Waals surface area contributed by atoms with Crippen LogP contribution in [0.3, 0.4) is 0 Å². The number of hydrazine groups is 1. The second kappa shape index (κ2) is 10.8. The molecule has 6 heteroatoms. The van der Waals surface area contributed by atoms with E-state index in [1.807, 2.05) is 59.6 Å². The Morgan fingerprint density at radius 1 is 0.676 bits per heavy atom. The van der Waals surface area contributed by atoms with Crippen molar-refractivity contribution in [1.82, 2.24) is 10.0 Å². The zero-order valence-electron chi connectivity index (χ0n) is 21.2. The summed E-state index contributed by atoms with van der Waals surface area (Å²) in [6.07, 6.45) is -0.138. The largest absolute Gasteiger partial charge is 0.370 e. The van der Waals surface area contributed by atoms with E-state index in [1.54, 1.807) is 0 Å². The number of ether oxygens (including phenoxy) is 3. The van der Waals surface area contributed by atoms with E-state index < -0.39 is 0 Å². The number of benzene rings is 3. The first kappa shape index (κ1) is 24.3. The lowest BCUT2D eigenvalue weighted by Gasteiger charge is -2.34. The van der Waals surface area contributed by atoms with Gasteiger partial charge in [-0.2, -0.15) is 0 Å². The highest BCUT2D eigenvalue weighted by molar-refractivity contribution is 5.78. The highest BCUT2D eigenvalue weighted by atomic mass is 16.6. The molecule has 1 amide bonds. The molecule has 3 aromatic rings. The first-order chi connectivity index (χ1) is 18.2. The molecule has 6 atom stereocenters. The smallest absolute Gasteiger partial charge is 0.238 e. The fraction of sp³-hybridized carbons (Fsp3) is 0.387. The topological polar surface area (TPSA) is 51.2 Å². The van der Waals surface area contributed by atoms with E-state index in [9.17, 15) is 4.79 Å². The van der Waals surface area contributed by atoms with Gasteiger partial charge in [0.15, 0.2) is 0 Å². The second-order valence-corrected chi connectivity index (χ2v) is 10.3. The maximum Gasteiger partial charge on any atom is 0.238 e. The molecular weight excluding hydrogens is 464 g/mol. The second-order valence-electron chi connectivity index (χ2n) is 10.3. The van der Waals surface area contributed by atoms with Gasteiger partial charge in [-0.3, -0.25) is 9.80 Å². The van der Waals surface area contributed by atoms with Gasteiger partial charge in [0, 0.05) is 24.9 Å². The molecule has 2 heterocycles. The van der Waals surface area contributed by atoms with E-state index in [-0.39, 0.29) is 42.2 Å². The van der Waals surface area contributed by atoms with Crippen LogP contribution in [0, 0.1) is 5.92 Å². The van der Waals surface area contributed by atoms with E-state index in [2.05, 4.69) is 48.3 Å². The summed E-state index contributed by atoms with van der Waals surface area (Å²) in [7, 11) is 0. The van der Waals surface area contributed by atoms with Gasteiger partial charge in [-0.05, 0) is 23.6 Å². The zero-order valence-corrected chi connectivity index (χ0v) is 21.2. The molecule has 0 spiro atoms. The number of hydrogen-bond acceptors (Lipinski definition) is 5. The summed E-state index contributed by atoms with van der Waals surface area (Å²) < 4.78 is 20.0. The average Bonchev–Trinajstić information content (AvgIpc) is 3.55. The molecule has 0 N–H and O–H groups in total. The molecule has 2 saturated heterocycles. The molecule has 2 aliphatic heterocycles. The highest BCUT2D eigenvalue weighted by Gasteiger charge is 2.63. The van der Waals surface area contributed by atoms with Crippen LogP contribution < -0.4 is 0 Å². The van der Waals surface area contributed by atoms with E-state index in [0.717, 1.165) is 16.7 Å². The van der Waals surface area contributed by atoms with Crippen LogP contribution in [0.2, 0.25) is 0 Å². The van der Waals surface area contributed by atoms with Crippen molar-refractivity contribution in [3.05, 3.63) is 108 Å². The van der Waals surface area contributed by atoms with Gasteiger partial charge in [-0.1, -0.05) is 91.0 Å². The molecule has 37 heavy (non-hydrogen) atoms. The Bertz CT molecular complexity index is 1180. The lowest BCUT2D eigenvalue weighted by atomic mass is 10.0. The molecule has 0 aromatic heterocycles. The Morgan fingerprint density at radius 3 is 1.65 bits per heavy atom. The van der Waals surface area contributed by atoms with Gasteiger partial charge >= 0.3 is 0 Å². The van der Waals surface area contributed by atoms with Gasteiger partial charge < -0.3 is 14.2 Å². The highest BCUT2D eigenvalue weighted by Crippen LogP contribution is 2.46. The summed E-state index contributed by atoms with van der Waals surface area (Å²) in [5.74, 6) is 0.296. The van der Waals surface area contributed by atoms with Gasteiger partial charge in [0.05, 0.1) is 32.0 Å². The number of fused-ring (bicyclic) bond motifs is 3. The Balaban J connectivity index is 1.30. The predicted molar refractivity (Wildman–Crippen MR) is 140 cm³/mol.